The summed E-state index contributed by atoms with van der Waals surface area (Å²) in [5, 5.41) is 18.3. The molecule has 1 unspecified atom stereocenters. The SMILES string of the molecule is Cc1c(OCC(C)(C#N)c2ccc(F)cc2)ccn2c(CC3CC3)nnc12. The molecule has 1 saturated carbocycles. The van der Waals surface area contributed by atoms with E-state index in [-0.39, 0.29) is 12.4 Å². The van der Waals surface area contributed by atoms with Crippen molar-refractivity contribution in [3.8, 4) is 11.8 Å². The second-order valence-electron chi connectivity index (χ2n) is 7.50. The van der Waals surface area contributed by atoms with Gasteiger partial charge in [-0.1, -0.05) is 12.1 Å². The van der Waals surface area contributed by atoms with E-state index in [4.69, 9.17) is 4.74 Å². The first-order valence-electron chi connectivity index (χ1n) is 9.13. The third-order valence-corrected chi connectivity index (χ3v) is 5.26. The fourth-order valence-electron chi connectivity index (χ4n) is 3.21. The molecular formula is C21H21FN4O. The van der Waals surface area contributed by atoms with Gasteiger partial charge in [0, 0.05) is 18.2 Å². The highest BCUT2D eigenvalue weighted by atomic mass is 19.1. The van der Waals surface area contributed by atoms with Crippen molar-refractivity contribution in [1.82, 2.24) is 14.6 Å². The molecule has 0 spiro atoms. The Bertz CT molecular complexity index is 1020. The van der Waals surface area contributed by atoms with E-state index in [0.29, 0.717) is 5.75 Å². The third-order valence-electron chi connectivity index (χ3n) is 5.26. The molecule has 5 nitrogen and oxygen atoms in total. The summed E-state index contributed by atoms with van der Waals surface area (Å²) in [6.07, 6.45) is 5.42. The van der Waals surface area contributed by atoms with Gasteiger partial charge in [-0.15, -0.1) is 10.2 Å². The van der Waals surface area contributed by atoms with Crippen molar-refractivity contribution >= 4 is 5.65 Å². The van der Waals surface area contributed by atoms with Crippen LogP contribution in [0.2, 0.25) is 0 Å². The largest absolute Gasteiger partial charge is 0.491 e. The first-order chi connectivity index (χ1) is 13.0. The van der Waals surface area contributed by atoms with Gasteiger partial charge in [0.25, 0.3) is 0 Å². The van der Waals surface area contributed by atoms with Gasteiger partial charge >= 0.3 is 0 Å². The van der Waals surface area contributed by atoms with E-state index in [9.17, 15) is 9.65 Å². The lowest BCUT2D eigenvalue weighted by atomic mass is 9.85. The maximum Gasteiger partial charge on any atom is 0.167 e. The Labute approximate surface area is 157 Å². The summed E-state index contributed by atoms with van der Waals surface area (Å²) in [6, 6.07) is 10.2. The number of rotatable bonds is 6. The maximum absolute atomic E-state index is 13.2. The Balaban J connectivity index is 1.56. The molecule has 1 fully saturated rings. The molecule has 27 heavy (non-hydrogen) atoms. The van der Waals surface area contributed by atoms with Gasteiger partial charge in [0.1, 0.15) is 29.4 Å². The summed E-state index contributed by atoms with van der Waals surface area (Å²) in [4.78, 5) is 0. The topological polar surface area (TPSA) is 63.2 Å². The zero-order valence-corrected chi connectivity index (χ0v) is 15.4. The second kappa shape index (κ2) is 6.66. The van der Waals surface area contributed by atoms with Crippen molar-refractivity contribution in [2.24, 2.45) is 5.92 Å². The van der Waals surface area contributed by atoms with E-state index < -0.39 is 5.41 Å². The highest BCUT2D eigenvalue weighted by Gasteiger charge is 2.28. The molecule has 2 aromatic heterocycles. The Morgan fingerprint density at radius 3 is 2.67 bits per heavy atom. The number of aryl methyl sites for hydroxylation is 1. The molecule has 3 aromatic rings. The van der Waals surface area contributed by atoms with Crippen LogP contribution in [0.4, 0.5) is 4.39 Å². The Morgan fingerprint density at radius 2 is 2.00 bits per heavy atom. The van der Waals surface area contributed by atoms with Gasteiger partial charge in [0.15, 0.2) is 5.65 Å². The summed E-state index contributed by atoms with van der Waals surface area (Å²) in [6.45, 7) is 3.90. The molecule has 2 heterocycles. The number of halogens is 1. The van der Waals surface area contributed by atoms with Gasteiger partial charge in [-0.05, 0) is 56.4 Å². The van der Waals surface area contributed by atoms with Crippen LogP contribution in [-0.4, -0.2) is 21.2 Å². The molecule has 0 N–H and O–H groups in total. The average molecular weight is 364 g/mol. The van der Waals surface area contributed by atoms with Crippen LogP contribution in [0.25, 0.3) is 5.65 Å². The predicted molar refractivity (Wildman–Crippen MR) is 99.0 cm³/mol. The van der Waals surface area contributed by atoms with Crippen LogP contribution in [-0.2, 0) is 11.8 Å². The molecule has 0 saturated heterocycles. The van der Waals surface area contributed by atoms with Crippen LogP contribution >= 0.6 is 0 Å². The summed E-state index contributed by atoms with van der Waals surface area (Å²) in [5.74, 6) is 2.07. The fourth-order valence-corrected chi connectivity index (χ4v) is 3.21. The zero-order valence-electron chi connectivity index (χ0n) is 15.4. The van der Waals surface area contributed by atoms with E-state index in [1.807, 2.05) is 23.6 Å². The van der Waals surface area contributed by atoms with Crippen molar-refractivity contribution in [1.29, 1.82) is 5.26 Å². The van der Waals surface area contributed by atoms with Crippen molar-refractivity contribution in [2.45, 2.75) is 38.5 Å². The van der Waals surface area contributed by atoms with Gasteiger partial charge in [0.05, 0.1) is 6.07 Å². The number of hydrogen-bond acceptors (Lipinski definition) is 4. The monoisotopic (exact) mass is 364 g/mol. The molecule has 1 atom stereocenters. The van der Waals surface area contributed by atoms with Crippen LogP contribution in [0.5, 0.6) is 5.75 Å². The lowest BCUT2D eigenvalue weighted by Gasteiger charge is -2.23. The molecule has 138 valence electrons. The van der Waals surface area contributed by atoms with Gasteiger partial charge in [-0.2, -0.15) is 5.26 Å². The molecule has 1 aliphatic carbocycles. The number of fused-ring (bicyclic) bond motifs is 1. The van der Waals surface area contributed by atoms with Crippen LogP contribution in [0.3, 0.4) is 0 Å². The lowest BCUT2D eigenvalue weighted by Crippen LogP contribution is -2.28. The van der Waals surface area contributed by atoms with E-state index >= 15 is 0 Å². The number of nitriles is 1. The van der Waals surface area contributed by atoms with Gasteiger partial charge < -0.3 is 4.74 Å². The van der Waals surface area contributed by atoms with Crippen LogP contribution in [0.1, 0.15) is 36.7 Å². The summed E-state index contributed by atoms with van der Waals surface area (Å²) >= 11 is 0. The van der Waals surface area contributed by atoms with Gasteiger partial charge in [-0.25, -0.2) is 4.39 Å². The lowest BCUT2D eigenvalue weighted by molar-refractivity contribution is 0.261. The Hall–Kier alpha value is -2.94. The maximum atomic E-state index is 13.2. The van der Waals surface area contributed by atoms with E-state index in [1.54, 1.807) is 19.1 Å². The zero-order chi connectivity index (χ0) is 19.0. The van der Waals surface area contributed by atoms with Crippen LogP contribution < -0.4 is 4.74 Å². The van der Waals surface area contributed by atoms with Gasteiger partial charge in [0.2, 0.25) is 0 Å². The first kappa shape index (κ1) is 17.5. The highest BCUT2D eigenvalue weighted by molar-refractivity contribution is 5.54. The summed E-state index contributed by atoms with van der Waals surface area (Å²) in [7, 11) is 0. The van der Waals surface area contributed by atoms with Crippen molar-refractivity contribution < 1.29 is 9.13 Å². The first-order valence-corrected chi connectivity index (χ1v) is 9.13. The smallest absolute Gasteiger partial charge is 0.167 e. The third kappa shape index (κ3) is 3.37. The minimum atomic E-state index is -0.878. The summed E-state index contributed by atoms with van der Waals surface area (Å²) < 4.78 is 21.2. The number of aromatic nitrogens is 3. The molecular weight excluding hydrogens is 343 g/mol. The van der Waals surface area contributed by atoms with Crippen LogP contribution in [0.15, 0.2) is 36.5 Å². The second-order valence-corrected chi connectivity index (χ2v) is 7.50. The summed E-state index contributed by atoms with van der Waals surface area (Å²) in [5.41, 5.74) is 1.52. The average Bonchev–Trinajstić information content (AvgIpc) is 3.40. The molecule has 1 aromatic carbocycles. The predicted octanol–water partition coefficient (Wildman–Crippen LogP) is 3.99. The molecule has 1 aliphatic rings. The van der Waals surface area contributed by atoms with E-state index in [0.717, 1.165) is 34.9 Å². The molecule has 6 heteroatoms. The Morgan fingerprint density at radius 1 is 1.26 bits per heavy atom. The number of hydrogen-bond donors (Lipinski definition) is 0. The molecule has 0 bridgehead atoms. The van der Waals surface area contributed by atoms with Crippen molar-refractivity contribution in [3.05, 3.63) is 59.3 Å². The molecule has 0 amide bonds. The van der Waals surface area contributed by atoms with Gasteiger partial charge in [-0.3, -0.25) is 4.40 Å². The molecule has 4 rings (SSSR count). The standard InChI is InChI=1S/C21H21FN4O/c1-14-18(9-10-26-19(11-15-3-4-15)24-25-20(14)26)27-13-21(2,12-23)16-5-7-17(22)8-6-16/h5-10,15H,3-4,11,13H2,1-2H3. The molecule has 0 aliphatic heterocycles. The minimum Gasteiger partial charge on any atom is -0.491 e. The fraction of sp³-hybridized carbons (Fsp3) is 0.381. The number of ether oxygens (including phenoxy) is 1. The quantitative estimate of drug-likeness (QED) is 0.663. The Kier molecular flexibility index (Phi) is 4.31. The minimum absolute atomic E-state index is 0.162. The van der Waals surface area contributed by atoms with Crippen molar-refractivity contribution in [3.63, 3.8) is 0 Å². The van der Waals surface area contributed by atoms with Crippen LogP contribution in [0, 0.1) is 30.0 Å². The van der Waals surface area contributed by atoms with E-state index in [2.05, 4.69) is 16.3 Å². The van der Waals surface area contributed by atoms with Crippen molar-refractivity contribution in [2.75, 3.05) is 6.61 Å². The number of pyridine rings is 1. The number of benzene rings is 1. The normalized spacial score (nSPS) is 16.1. The molecule has 0 radical (unpaired) electrons. The number of nitrogens with zero attached hydrogens (tertiary/aromatic N) is 4. The van der Waals surface area contributed by atoms with E-state index in [1.165, 1.54) is 25.0 Å². The highest BCUT2D eigenvalue weighted by Crippen LogP contribution is 2.33.